The maximum absolute atomic E-state index is 8.83. The third-order valence-electron chi connectivity index (χ3n) is 3.32. The molecule has 0 fully saturated rings. The Morgan fingerprint density at radius 2 is 1.86 bits per heavy atom. The third-order valence-corrected chi connectivity index (χ3v) is 3.32. The Labute approximate surface area is 85.2 Å². The standard InChI is InChI=1S/C12H14N2/c1-8-5-11(10(6-13)7-14)12(3,4)9(8)2/h5,9H,1-4H3. The van der Waals surface area contributed by atoms with Crippen LogP contribution in [0.2, 0.25) is 0 Å². The van der Waals surface area contributed by atoms with Crippen molar-refractivity contribution in [1.82, 2.24) is 0 Å². The molecule has 0 saturated heterocycles. The van der Waals surface area contributed by atoms with Crippen molar-refractivity contribution in [1.29, 1.82) is 10.5 Å². The number of hydrogen-bond acceptors (Lipinski definition) is 2. The van der Waals surface area contributed by atoms with Gasteiger partial charge in [-0.15, -0.1) is 0 Å². The zero-order valence-electron chi connectivity index (χ0n) is 9.05. The van der Waals surface area contributed by atoms with Crippen LogP contribution in [0.3, 0.4) is 0 Å². The lowest BCUT2D eigenvalue weighted by atomic mass is 9.76. The first-order valence-corrected chi connectivity index (χ1v) is 4.68. The third kappa shape index (κ3) is 1.34. The van der Waals surface area contributed by atoms with Crippen molar-refractivity contribution >= 4 is 0 Å². The molecule has 0 saturated carbocycles. The van der Waals surface area contributed by atoms with Gasteiger partial charge in [0.05, 0.1) is 0 Å². The zero-order valence-corrected chi connectivity index (χ0v) is 9.05. The molecule has 0 amide bonds. The van der Waals surface area contributed by atoms with Crippen LogP contribution in [0.15, 0.2) is 22.8 Å². The van der Waals surface area contributed by atoms with E-state index in [9.17, 15) is 0 Å². The van der Waals surface area contributed by atoms with Crippen LogP contribution in [-0.2, 0) is 0 Å². The molecule has 14 heavy (non-hydrogen) atoms. The Kier molecular flexibility index (Phi) is 2.49. The van der Waals surface area contributed by atoms with Crippen LogP contribution in [0, 0.1) is 34.0 Å². The van der Waals surface area contributed by atoms with Crippen LogP contribution in [0.5, 0.6) is 0 Å². The summed E-state index contributed by atoms with van der Waals surface area (Å²) in [5, 5.41) is 17.7. The normalized spacial score (nSPS) is 23.7. The molecular formula is C12H14N2. The summed E-state index contributed by atoms with van der Waals surface area (Å²) in [4.78, 5) is 0. The fraction of sp³-hybridized carbons (Fsp3) is 0.500. The second-order valence-corrected chi connectivity index (χ2v) is 4.34. The quantitative estimate of drug-likeness (QED) is 0.546. The van der Waals surface area contributed by atoms with Crippen molar-refractivity contribution in [2.75, 3.05) is 0 Å². The van der Waals surface area contributed by atoms with Gasteiger partial charge in [0.25, 0.3) is 0 Å². The minimum absolute atomic E-state index is 0.0924. The number of hydrogen-bond donors (Lipinski definition) is 0. The van der Waals surface area contributed by atoms with Gasteiger partial charge in [-0.25, -0.2) is 0 Å². The van der Waals surface area contributed by atoms with Gasteiger partial charge in [-0.2, -0.15) is 10.5 Å². The van der Waals surface area contributed by atoms with Crippen molar-refractivity contribution in [2.24, 2.45) is 11.3 Å². The molecule has 0 bridgehead atoms. The maximum Gasteiger partial charge on any atom is 0.133 e. The molecule has 2 nitrogen and oxygen atoms in total. The molecule has 0 aromatic rings. The highest BCUT2D eigenvalue weighted by Gasteiger charge is 2.37. The SMILES string of the molecule is CC1=CC(=C(C#N)C#N)C(C)(C)C1C. The van der Waals surface area contributed by atoms with E-state index in [1.54, 1.807) is 0 Å². The molecule has 2 heteroatoms. The molecular weight excluding hydrogens is 172 g/mol. The molecule has 0 N–H and O–H groups in total. The summed E-state index contributed by atoms with van der Waals surface area (Å²) in [6, 6.07) is 3.93. The van der Waals surface area contributed by atoms with Crippen molar-refractivity contribution in [2.45, 2.75) is 27.7 Å². The first-order chi connectivity index (χ1) is 6.45. The molecule has 0 radical (unpaired) electrons. The molecule has 0 spiro atoms. The van der Waals surface area contributed by atoms with E-state index in [4.69, 9.17) is 10.5 Å². The second kappa shape index (κ2) is 3.31. The largest absolute Gasteiger partial charge is 0.192 e. The molecule has 0 aliphatic heterocycles. The van der Waals surface area contributed by atoms with Gasteiger partial charge in [-0.05, 0) is 23.8 Å². The van der Waals surface area contributed by atoms with Gasteiger partial charge in [0, 0.05) is 0 Å². The van der Waals surface area contributed by atoms with E-state index in [2.05, 4.69) is 20.8 Å². The van der Waals surface area contributed by atoms with Gasteiger partial charge in [0.2, 0.25) is 0 Å². The Hall–Kier alpha value is -1.54. The van der Waals surface area contributed by atoms with Crippen LogP contribution < -0.4 is 0 Å². The van der Waals surface area contributed by atoms with Gasteiger partial charge in [0.1, 0.15) is 17.7 Å². The van der Waals surface area contributed by atoms with Gasteiger partial charge in [-0.1, -0.05) is 32.4 Å². The van der Waals surface area contributed by atoms with Crippen molar-refractivity contribution in [3.63, 3.8) is 0 Å². The van der Waals surface area contributed by atoms with E-state index in [0.717, 1.165) is 5.57 Å². The summed E-state index contributed by atoms with van der Waals surface area (Å²) in [6.45, 7) is 8.33. The molecule has 1 unspecified atom stereocenters. The van der Waals surface area contributed by atoms with Crippen LogP contribution in [0.25, 0.3) is 0 Å². The highest BCUT2D eigenvalue weighted by atomic mass is 14.4. The summed E-state index contributed by atoms with van der Waals surface area (Å²) in [5.41, 5.74) is 2.28. The molecule has 1 aliphatic rings. The minimum atomic E-state index is -0.0924. The van der Waals surface area contributed by atoms with Crippen LogP contribution in [0.1, 0.15) is 27.7 Å². The molecule has 0 aromatic carbocycles. The van der Waals surface area contributed by atoms with E-state index in [-0.39, 0.29) is 11.0 Å². The minimum Gasteiger partial charge on any atom is -0.192 e. The molecule has 0 aromatic heterocycles. The fourth-order valence-electron chi connectivity index (χ4n) is 1.88. The van der Waals surface area contributed by atoms with E-state index < -0.39 is 0 Å². The average Bonchev–Trinajstić information content (AvgIpc) is 2.33. The highest BCUT2D eigenvalue weighted by Crippen LogP contribution is 2.46. The number of allylic oxidation sites excluding steroid dienone is 4. The fourth-order valence-corrected chi connectivity index (χ4v) is 1.88. The van der Waals surface area contributed by atoms with Crippen molar-refractivity contribution < 1.29 is 0 Å². The summed E-state index contributed by atoms with van der Waals surface area (Å²) in [5.74, 6) is 0.397. The molecule has 1 aliphatic carbocycles. The summed E-state index contributed by atoms with van der Waals surface area (Å²) < 4.78 is 0. The van der Waals surface area contributed by atoms with E-state index in [0.29, 0.717) is 5.92 Å². The molecule has 1 rings (SSSR count). The van der Waals surface area contributed by atoms with Crippen LogP contribution in [0.4, 0.5) is 0 Å². The second-order valence-electron chi connectivity index (χ2n) is 4.34. The number of nitrogens with zero attached hydrogens (tertiary/aromatic N) is 2. The first-order valence-electron chi connectivity index (χ1n) is 4.68. The van der Waals surface area contributed by atoms with Gasteiger partial charge < -0.3 is 0 Å². The molecule has 72 valence electrons. The van der Waals surface area contributed by atoms with E-state index in [1.807, 2.05) is 25.1 Å². The zero-order chi connectivity index (χ0) is 10.9. The van der Waals surface area contributed by atoms with Gasteiger partial charge in [-0.3, -0.25) is 0 Å². The predicted molar refractivity (Wildman–Crippen MR) is 55.0 cm³/mol. The summed E-state index contributed by atoms with van der Waals surface area (Å²) in [7, 11) is 0. The van der Waals surface area contributed by atoms with E-state index >= 15 is 0 Å². The number of nitriles is 2. The molecule has 0 heterocycles. The van der Waals surface area contributed by atoms with Crippen LogP contribution >= 0.6 is 0 Å². The smallest absolute Gasteiger partial charge is 0.133 e. The monoisotopic (exact) mass is 186 g/mol. The maximum atomic E-state index is 8.83. The molecule has 1 atom stereocenters. The Morgan fingerprint density at radius 1 is 1.36 bits per heavy atom. The van der Waals surface area contributed by atoms with Crippen molar-refractivity contribution in [3.8, 4) is 12.1 Å². The van der Waals surface area contributed by atoms with Gasteiger partial charge >= 0.3 is 0 Å². The van der Waals surface area contributed by atoms with Gasteiger partial charge in [0.15, 0.2) is 0 Å². The lowest BCUT2D eigenvalue weighted by Crippen LogP contribution is -2.19. The Morgan fingerprint density at radius 3 is 2.14 bits per heavy atom. The highest BCUT2D eigenvalue weighted by molar-refractivity contribution is 5.52. The summed E-state index contributed by atoms with van der Waals surface area (Å²) in [6.07, 6.45) is 1.98. The topological polar surface area (TPSA) is 47.6 Å². The Bertz CT molecular complexity index is 381. The van der Waals surface area contributed by atoms with E-state index in [1.165, 1.54) is 5.57 Å². The lowest BCUT2D eigenvalue weighted by molar-refractivity contribution is 0.355. The Balaban J connectivity index is 3.37. The summed E-state index contributed by atoms with van der Waals surface area (Å²) >= 11 is 0. The number of rotatable bonds is 0. The average molecular weight is 186 g/mol. The lowest BCUT2D eigenvalue weighted by Gasteiger charge is -2.27. The van der Waals surface area contributed by atoms with Crippen molar-refractivity contribution in [3.05, 3.63) is 22.8 Å². The van der Waals surface area contributed by atoms with Crippen LogP contribution in [-0.4, -0.2) is 0 Å². The predicted octanol–water partition coefficient (Wildman–Crippen LogP) is 2.95. The first kappa shape index (κ1) is 10.5.